The molecular formula is C14H16N2OS. The van der Waals surface area contributed by atoms with Crippen molar-refractivity contribution in [1.82, 2.24) is 5.32 Å². The lowest BCUT2D eigenvalue weighted by Crippen LogP contribution is -2.22. The van der Waals surface area contributed by atoms with Crippen molar-refractivity contribution in [3.8, 4) is 0 Å². The normalized spacial score (nSPS) is 10.3. The molecule has 2 aromatic rings. The predicted molar refractivity (Wildman–Crippen MR) is 75.8 cm³/mol. The summed E-state index contributed by atoms with van der Waals surface area (Å²) < 4.78 is 0. The SMILES string of the molecule is Cc1ccc(C(=O)NCc2sccc2C)cc1N. The van der Waals surface area contributed by atoms with Crippen LogP contribution < -0.4 is 11.1 Å². The summed E-state index contributed by atoms with van der Waals surface area (Å²) in [6.07, 6.45) is 0. The van der Waals surface area contributed by atoms with E-state index in [9.17, 15) is 4.79 Å². The number of hydrogen-bond acceptors (Lipinski definition) is 3. The van der Waals surface area contributed by atoms with Crippen molar-refractivity contribution in [3.05, 3.63) is 51.2 Å². The van der Waals surface area contributed by atoms with E-state index < -0.39 is 0 Å². The molecule has 1 amide bonds. The summed E-state index contributed by atoms with van der Waals surface area (Å²) in [5.41, 5.74) is 9.25. The molecule has 3 nitrogen and oxygen atoms in total. The van der Waals surface area contributed by atoms with E-state index in [1.165, 1.54) is 10.4 Å². The van der Waals surface area contributed by atoms with Gasteiger partial charge in [0.25, 0.3) is 5.91 Å². The maximum absolute atomic E-state index is 12.0. The largest absolute Gasteiger partial charge is 0.398 e. The molecular weight excluding hydrogens is 244 g/mol. The van der Waals surface area contributed by atoms with Crippen molar-refractivity contribution < 1.29 is 4.79 Å². The van der Waals surface area contributed by atoms with Gasteiger partial charge in [-0.2, -0.15) is 0 Å². The van der Waals surface area contributed by atoms with E-state index in [0.29, 0.717) is 17.8 Å². The molecule has 0 unspecified atom stereocenters. The second-order valence-corrected chi connectivity index (χ2v) is 5.28. The molecule has 1 aromatic heterocycles. The van der Waals surface area contributed by atoms with Gasteiger partial charge in [0.05, 0.1) is 6.54 Å². The Morgan fingerprint density at radius 1 is 1.28 bits per heavy atom. The van der Waals surface area contributed by atoms with Gasteiger partial charge in [-0.3, -0.25) is 4.79 Å². The highest BCUT2D eigenvalue weighted by molar-refractivity contribution is 7.10. The van der Waals surface area contributed by atoms with Gasteiger partial charge in [-0.1, -0.05) is 6.07 Å². The molecule has 18 heavy (non-hydrogen) atoms. The number of benzene rings is 1. The zero-order valence-electron chi connectivity index (χ0n) is 10.5. The molecule has 1 heterocycles. The van der Waals surface area contributed by atoms with Gasteiger partial charge in [-0.05, 0) is 48.6 Å². The number of carbonyl (C=O) groups excluding carboxylic acids is 1. The van der Waals surface area contributed by atoms with Crippen LogP contribution >= 0.6 is 11.3 Å². The first-order chi connectivity index (χ1) is 8.58. The highest BCUT2D eigenvalue weighted by Crippen LogP contribution is 2.16. The van der Waals surface area contributed by atoms with Gasteiger partial charge in [0.2, 0.25) is 0 Å². The number of aryl methyl sites for hydroxylation is 2. The Hall–Kier alpha value is -1.81. The van der Waals surface area contributed by atoms with Crippen LogP contribution in [0.3, 0.4) is 0 Å². The highest BCUT2D eigenvalue weighted by atomic mass is 32.1. The number of anilines is 1. The van der Waals surface area contributed by atoms with Crippen LogP contribution in [0, 0.1) is 13.8 Å². The van der Waals surface area contributed by atoms with Crippen molar-refractivity contribution in [2.75, 3.05) is 5.73 Å². The molecule has 0 aliphatic rings. The molecule has 94 valence electrons. The van der Waals surface area contributed by atoms with Gasteiger partial charge in [-0.15, -0.1) is 11.3 Å². The second kappa shape index (κ2) is 5.23. The Bertz CT molecular complexity index is 575. The third kappa shape index (κ3) is 2.71. The fourth-order valence-corrected chi connectivity index (χ4v) is 2.48. The molecule has 3 N–H and O–H groups in total. The van der Waals surface area contributed by atoms with E-state index in [1.54, 1.807) is 23.5 Å². The van der Waals surface area contributed by atoms with Crippen LogP contribution in [-0.4, -0.2) is 5.91 Å². The maximum atomic E-state index is 12.0. The van der Waals surface area contributed by atoms with Crippen LogP contribution in [0.15, 0.2) is 29.6 Å². The van der Waals surface area contributed by atoms with Gasteiger partial charge in [0.1, 0.15) is 0 Å². The van der Waals surface area contributed by atoms with Crippen LogP contribution in [0.4, 0.5) is 5.69 Å². The fourth-order valence-electron chi connectivity index (χ4n) is 1.63. The van der Waals surface area contributed by atoms with Gasteiger partial charge >= 0.3 is 0 Å². The van der Waals surface area contributed by atoms with E-state index in [1.807, 2.05) is 25.3 Å². The van der Waals surface area contributed by atoms with Crippen molar-refractivity contribution in [2.24, 2.45) is 0 Å². The average molecular weight is 260 g/mol. The summed E-state index contributed by atoms with van der Waals surface area (Å²) in [6.45, 7) is 4.53. The van der Waals surface area contributed by atoms with Gasteiger partial charge < -0.3 is 11.1 Å². The summed E-state index contributed by atoms with van der Waals surface area (Å²) in [5.74, 6) is -0.0884. The summed E-state index contributed by atoms with van der Waals surface area (Å²) in [4.78, 5) is 13.1. The number of thiophene rings is 1. The molecule has 0 atom stereocenters. The monoisotopic (exact) mass is 260 g/mol. The molecule has 0 bridgehead atoms. The Balaban J connectivity index is 2.04. The lowest BCUT2D eigenvalue weighted by molar-refractivity contribution is 0.0951. The first-order valence-corrected chi connectivity index (χ1v) is 6.63. The predicted octanol–water partition coefficient (Wildman–Crippen LogP) is 2.88. The quantitative estimate of drug-likeness (QED) is 0.834. The maximum Gasteiger partial charge on any atom is 0.251 e. The van der Waals surface area contributed by atoms with Crippen LogP contribution in [0.5, 0.6) is 0 Å². The number of nitrogens with two attached hydrogens (primary N) is 1. The molecule has 0 radical (unpaired) electrons. The Morgan fingerprint density at radius 2 is 2.06 bits per heavy atom. The van der Waals surface area contributed by atoms with Crippen molar-refractivity contribution in [2.45, 2.75) is 20.4 Å². The number of nitrogen functional groups attached to an aromatic ring is 1. The average Bonchev–Trinajstić information content (AvgIpc) is 2.75. The first kappa shape index (κ1) is 12.6. The Morgan fingerprint density at radius 3 is 2.67 bits per heavy atom. The smallest absolute Gasteiger partial charge is 0.251 e. The summed E-state index contributed by atoms with van der Waals surface area (Å²) in [5, 5.41) is 4.93. The molecule has 1 aromatic carbocycles. The molecule has 0 aliphatic heterocycles. The standard InChI is InChI=1S/C14H16N2OS/c1-9-3-4-11(7-12(9)15)14(17)16-8-13-10(2)5-6-18-13/h3-7H,8,15H2,1-2H3,(H,16,17). The van der Waals surface area contributed by atoms with E-state index in [4.69, 9.17) is 5.73 Å². The van der Waals surface area contributed by atoms with Crippen molar-refractivity contribution in [3.63, 3.8) is 0 Å². The van der Waals surface area contributed by atoms with Gasteiger partial charge in [0.15, 0.2) is 0 Å². The zero-order chi connectivity index (χ0) is 13.1. The highest BCUT2D eigenvalue weighted by Gasteiger charge is 2.07. The third-order valence-corrected chi connectivity index (χ3v) is 3.94. The molecule has 2 rings (SSSR count). The molecule has 0 spiro atoms. The van der Waals surface area contributed by atoms with E-state index in [0.717, 1.165) is 5.56 Å². The van der Waals surface area contributed by atoms with Crippen molar-refractivity contribution in [1.29, 1.82) is 0 Å². The molecule has 0 fully saturated rings. The second-order valence-electron chi connectivity index (χ2n) is 4.28. The molecule has 0 aliphatic carbocycles. The lowest BCUT2D eigenvalue weighted by Gasteiger charge is -2.06. The third-order valence-electron chi connectivity index (χ3n) is 2.92. The number of amides is 1. The number of carbonyl (C=O) groups is 1. The number of nitrogens with one attached hydrogen (secondary N) is 1. The molecule has 4 heteroatoms. The minimum Gasteiger partial charge on any atom is -0.398 e. The van der Waals surface area contributed by atoms with Crippen LogP contribution in [-0.2, 0) is 6.54 Å². The van der Waals surface area contributed by atoms with Gasteiger partial charge in [-0.25, -0.2) is 0 Å². The zero-order valence-corrected chi connectivity index (χ0v) is 11.3. The summed E-state index contributed by atoms with van der Waals surface area (Å²) >= 11 is 1.65. The Labute approximate surface area is 111 Å². The fraction of sp³-hybridized carbons (Fsp3) is 0.214. The van der Waals surface area contributed by atoms with E-state index in [2.05, 4.69) is 11.4 Å². The summed E-state index contributed by atoms with van der Waals surface area (Å²) in [6, 6.07) is 7.42. The summed E-state index contributed by atoms with van der Waals surface area (Å²) in [7, 11) is 0. The minimum atomic E-state index is -0.0884. The number of rotatable bonds is 3. The topological polar surface area (TPSA) is 55.1 Å². The molecule has 0 saturated carbocycles. The first-order valence-electron chi connectivity index (χ1n) is 5.75. The minimum absolute atomic E-state index is 0.0884. The van der Waals surface area contributed by atoms with Crippen LogP contribution in [0.25, 0.3) is 0 Å². The van der Waals surface area contributed by atoms with E-state index in [-0.39, 0.29) is 5.91 Å². The van der Waals surface area contributed by atoms with Crippen molar-refractivity contribution >= 4 is 22.9 Å². The van der Waals surface area contributed by atoms with Crippen LogP contribution in [0.2, 0.25) is 0 Å². The van der Waals surface area contributed by atoms with Gasteiger partial charge in [0, 0.05) is 16.1 Å². The number of hydrogen-bond donors (Lipinski definition) is 2. The van der Waals surface area contributed by atoms with E-state index >= 15 is 0 Å². The molecule has 0 saturated heterocycles. The Kier molecular flexibility index (Phi) is 3.67. The van der Waals surface area contributed by atoms with Crippen LogP contribution in [0.1, 0.15) is 26.4 Å². The lowest BCUT2D eigenvalue weighted by atomic mass is 10.1.